The fraction of sp³-hybridized carbons (Fsp3) is 0.133. The fourth-order valence-electron chi connectivity index (χ4n) is 2.31. The van der Waals surface area contributed by atoms with E-state index in [4.69, 9.17) is 16.3 Å². The van der Waals surface area contributed by atoms with Crippen LogP contribution in [0.15, 0.2) is 36.9 Å². The summed E-state index contributed by atoms with van der Waals surface area (Å²) >= 11 is 6.19. The Morgan fingerprint density at radius 1 is 1.36 bits per heavy atom. The summed E-state index contributed by atoms with van der Waals surface area (Å²) in [7, 11) is 1.75. The summed E-state index contributed by atoms with van der Waals surface area (Å²) in [5.41, 5.74) is 1.37. The highest BCUT2D eigenvalue weighted by Crippen LogP contribution is 2.31. The van der Waals surface area contributed by atoms with Crippen LogP contribution in [0.2, 0.25) is 5.15 Å². The van der Waals surface area contributed by atoms with E-state index in [0.29, 0.717) is 22.4 Å². The van der Waals surface area contributed by atoms with Gasteiger partial charge in [0.1, 0.15) is 5.69 Å². The van der Waals surface area contributed by atoms with E-state index in [0.717, 1.165) is 17.0 Å². The molecule has 3 rings (SSSR count). The molecule has 0 aliphatic heterocycles. The Morgan fingerprint density at radius 2 is 2.09 bits per heavy atom. The molecule has 0 aliphatic rings. The molecule has 2 aromatic heterocycles. The van der Waals surface area contributed by atoms with Gasteiger partial charge in [-0.15, -0.1) is 0 Å². The quantitative estimate of drug-likeness (QED) is 0.550. The smallest absolute Gasteiger partial charge is 0.335 e. The average Bonchev–Trinajstić information content (AvgIpc) is 2.97. The van der Waals surface area contributed by atoms with Gasteiger partial charge in [0.2, 0.25) is 0 Å². The highest BCUT2D eigenvalue weighted by atomic mass is 35.5. The molecule has 2 heterocycles. The van der Waals surface area contributed by atoms with Crippen molar-refractivity contribution < 1.29 is 9.53 Å². The lowest BCUT2D eigenvalue weighted by molar-refractivity contribution is -0.129. The van der Waals surface area contributed by atoms with E-state index in [9.17, 15) is 4.79 Å². The molecular weight excluding hydrogens is 304 g/mol. The summed E-state index contributed by atoms with van der Waals surface area (Å²) in [6, 6.07) is 7.53. The summed E-state index contributed by atoms with van der Waals surface area (Å²) in [4.78, 5) is 11.6. The third kappa shape index (κ3) is 2.17. The van der Waals surface area contributed by atoms with Crippen LogP contribution >= 0.6 is 11.6 Å². The molecule has 7 heteroatoms. The zero-order valence-electron chi connectivity index (χ0n) is 12.1. The van der Waals surface area contributed by atoms with Crippen LogP contribution in [0.3, 0.4) is 0 Å². The standard InChI is InChI=1S/C15H13ClN4O2/c1-4-12(21)22-13-9(2)17-19(3)15(13)20-11-8-6-5-7-10(11)14(16)18-20/h4-8H,1H2,2-3H3. The fourth-order valence-corrected chi connectivity index (χ4v) is 2.55. The predicted molar refractivity (Wildman–Crippen MR) is 83.4 cm³/mol. The van der Waals surface area contributed by atoms with Gasteiger partial charge in [0.05, 0.1) is 5.52 Å². The number of halogens is 1. The van der Waals surface area contributed by atoms with E-state index >= 15 is 0 Å². The van der Waals surface area contributed by atoms with Crippen LogP contribution in [0.4, 0.5) is 0 Å². The number of rotatable bonds is 3. The van der Waals surface area contributed by atoms with Gasteiger partial charge < -0.3 is 4.74 Å². The number of ether oxygens (including phenoxy) is 1. The van der Waals surface area contributed by atoms with Crippen molar-refractivity contribution in [2.75, 3.05) is 0 Å². The molecule has 0 bridgehead atoms. The van der Waals surface area contributed by atoms with Crippen LogP contribution in [0, 0.1) is 6.92 Å². The molecule has 112 valence electrons. The molecule has 0 radical (unpaired) electrons. The van der Waals surface area contributed by atoms with Gasteiger partial charge in [0.15, 0.2) is 16.7 Å². The molecule has 0 amide bonds. The average molecular weight is 317 g/mol. The van der Waals surface area contributed by atoms with Crippen LogP contribution in [-0.4, -0.2) is 25.5 Å². The Hall–Kier alpha value is -2.60. The number of carbonyl (C=O) groups is 1. The van der Waals surface area contributed by atoms with Crippen molar-refractivity contribution in [3.05, 3.63) is 47.8 Å². The Bertz CT molecular complexity index is 894. The number of hydrogen-bond acceptors (Lipinski definition) is 4. The first kappa shape index (κ1) is 14.3. The molecule has 0 saturated carbocycles. The first-order valence-corrected chi connectivity index (χ1v) is 6.92. The van der Waals surface area contributed by atoms with E-state index in [2.05, 4.69) is 16.8 Å². The van der Waals surface area contributed by atoms with Crippen LogP contribution < -0.4 is 4.74 Å². The van der Waals surface area contributed by atoms with Gasteiger partial charge in [-0.05, 0) is 19.1 Å². The minimum Gasteiger partial charge on any atom is -0.417 e. The molecule has 3 aromatic rings. The van der Waals surface area contributed by atoms with Crippen LogP contribution in [0.25, 0.3) is 16.7 Å². The first-order chi connectivity index (χ1) is 10.5. The zero-order valence-corrected chi connectivity index (χ0v) is 12.8. The molecule has 22 heavy (non-hydrogen) atoms. The Labute approximate surface area is 131 Å². The van der Waals surface area contributed by atoms with Gasteiger partial charge in [0, 0.05) is 18.5 Å². The minimum absolute atomic E-state index is 0.331. The lowest BCUT2D eigenvalue weighted by atomic mass is 10.2. The van der Waals surface area contributed by atoms with Crippen molar-refractivity contribution in [1.82, 2.24) is 19.6 Å². The molecule has 1 aromatic carbocycles. The monoisotopic (exact) mass is 316 g/mol. The van der Waals surface area contributed by atoms with E-state index in [-0.39, 0.29) is 0 Å². The van der Waals surface area contributed by atoms with Gasteiger partial charge in [-0.1, -0.05) is 30.3 Å². The number of esters is 1. The zero-order chi connectivity index (χ0) is 15.9. The number of para-hydroxylation sites is 1. The van der Waals surface area contributed by atoms with Crippen LogP contribution in [-0.2, 0) is 11.8 Å². The highest BCUT2D eigenvalue weighted by molar-refractivity contribution is 6.34. The second-order valence-corrected chi connectivity index (χ2v) is 5.06. The van der Waals surface area contributed by atoms with Gasteiger partial charge in [-0.3, -0.25) is 0 Å². The lowest BCUT2D eigenvalue weighted by Crippen LogP contribution is -2.09. The van der Waals surface area contributed by atoms with E-state index in [1.54, 1.807) is 23.3 Å². The molecule has 0 unspecified atom stereocenters. The number of hydrogen-bond donors (Lipinski definition) is 0. The van der Waals surface area contributed by atoms with Crippen molar-refractivity contribution in [1.29, 1.82) is 0 Å². The van der Waals surface area contributed by atoms with E-state index in [1.165, 1.54) is 0 Å². The highest BCUT2D eigenvalue weighted by Gasteiger charge is 2.22. The number of fused-ring (bicyclic) bond motifs is 1. The number of nitrogens with zero attached hydrogens (tertiary/aromatic N) is 4. The maximum absolute atomic E-state index is 11.6. The number of aryl methyl sites for hydroxylation is 2. The largest absolute Gasteiger partial charge is 0.417 e. The number of carbonyl (C=O) groups excluding carboxylic acids is 1. The van der Waals surface area contributed by atoms with Crippen LogP contribution in [0.1, 0.15) is 5.69 Å². The van der Waals surface area contributed by atoms with Gasteiger partial charge in [-0.2, -0.15) is 10.2 Å². The summed E-state index contributed by atoms with van der Waals surface area (Å²) in [5.74, 6) is 0.299. The van der Waals surface area contributed by atoms with E-state index < -0.39 is 5.97 Å². The normalized spacial score (nSPS) is 10.9. The van der Waals surface area contributed by atoms with Gasteiger partial charge in [-0.25, -0.2) is 14.2 Å². The third-order valence-electron chi connectivity index (χ3n) is 3.25. The van der Waals surface area contributed by atoms with Crippen molar-refractivity contribution in [3.8, 4) is 11.6 Å². The van der Waals surface area contributed by atoms with Gasteiger partial charge >= 0.3 is 5.97 Å². The molecule has 0 saturated heterocycles. The van der Waals surface area contributed by atoms with Crippen molar-refractivity contribution >= 4 is 28.5 Å². The summed E-state index contributed by atoms with van der Waals surface area (Å²) in [6.45, 7) is 5.16. The van der Waals surface area contributed by atoms with Crippen molar-refractivity contribution in [2.24, 2.45) is 7.05 Å². The second kappa shape index (κ2) is 5.31. The second-order valence-electron chi connectivity index (χ2n) is 4.71. The molecule has 0 N–H and O–H groups in total. The van der Waals surface area contributed by atoms with Crippen molar-refractivity contribution in [2.45, 2.75) is 6.92 Å². The Kier molecular flexibility index (Phi) is 3.46. The minimum atomic E-state index is -0.556. The Balaban J connectivity index is 2.27. The molecule has 6 nitrogen and oxygen atoms in total. The topological polar surface area (TPSA) is 61.9 Å². The molecule has 0 spiro atoms. The summed E-state index contributed by atoms with van der Waals surface area (Å²) < 4.78 is 8.52. The lowest BCUT2D eigenvalue weighted by Gasteiger charge is -2.07. The molecule has 0 fully saturated rings. The molecular formula is C15H13ClN4O2. The summed E-state index contributed by atoms with van der Waals surface area (Å²) in [6.07, 6.45) is 1.10. The molecule has 0 atom stereocenters. The van der Waals surface area contributed by atoms with E-state index in [1.807, 2.05) is 24.3 Å². The SMILES string of the molecule is C=CC(=O)Oc1c(C)nn(C)c1-n1nc(Cl)c2ccccc21. The first-order valence-electron chi connectivity index (χ1n) is 6.54. The summed E-state index contributed by atoms with van der Waals surface area (Å²) in [5, 5.41) is 9.80. The molecule has 0 aliphatic carbocycles. The Morgan fingerprint density at radius 3 is 2.82 bits per heavy atom. The van der Waals surface area contributed by atoms with Gasteiger partial charge in [0.25, 0.3) is 0 Å². The number of aromatic nitrogens is 4. The predicted octanol–water partition coefficient (Wildman–Crippen LogP) is 2.81. The number of benzene rings is 1. The van der Waals surface area contributed by atoms with Crippen molar-refractivity contribution in [3.63, 3.8) is 0 Å². The van der Waals surface area contributed by atoms with Crippen LogP contribution in [0.5, 0.6) is 5.75 Å². The maximum Gasteiger partial charge on any atom is 0.335 e. The third-order valence-corrected chi connectivity index (χ3v) is 3.53. The maximum atomic E-state index is 11.6.